The smallest absolute Gasteiger partial charge is 0.247 e. The fourth-order valence-electron chi connectivity index (χ4n) is 3.39. The van der Waals surface area contributed by atoms with Crippen molar-refractivity contribution in [2.24, 2.45) is 0 Å². The van der Waals surface area contributed by atoms with Crippen LogP contribution in [-0.2, 0) is 4.79 Å². The van der Waals surface area contributed by atoms with E-state index in [1.165, 1.54) is 0 Å². The van der Waals surface area contributed by atoms with Gasteiger partial charge in [-0.2, -0.15) is 0 Å². The number of ether oxygens (including phenoxy) is 2. The molecular formula is C22H25NO3. The number of likely N-dealkylation sites (tertiary alicyclic amines) is 1. The highest BCUT2D eigenvalue weighted by Crippen LogP contribution is 2.33. The van der Waals surface area contributed by atoms with Gasteiger partial charge in [-0.1, -0.05) is 30.3 Å². The highest BCUT2D eigenvalue weighted by Gasteiger charge is 2.28. The molecule has 26 heavy (non-hydrogen) atoms. The van der Waals surface area contributed by atoms with Crippen LogP contribution >= 0.6 is 0 Å². The predicted molar refractivity (Wildman–Crippen MR) is 103 cm³/mol. The van der Waals surface area contributed by atoms with Crippen LogP contribution < -0.4 is 9.47 Å². The molecule has 4 heteroatoms. The van der Waals surface area contributed by atoms with Crippen molar-refractivity contribution in [2.45, 2.75) is 25.8 Å². The molecule has 1 unspecified atom stereocenters. The third-order valence-corrected chi connectivity index (χ3v) is 4.66. The van der Waals surface area contributed by atoms with Crippen LogP contribution in [0.1, 0.15) is 36.9 Å². The summed E-state index contributed by atoms with van der Waals surface area (Å²) in [5.41, 5.74) is 2.06. The monoisotopic (exact) mass is 351 g/mol. The topological polar surface area (TPSA) is 38.8 Å². The Hall–Kier alpha value is -2.75. The lowest BCUT2D eigenvalue weighted by atomic mass is 10.0. The van der Waals surface area contributed by atoms with E-state index in [1.807, 2.05) is 54.3 Å². The van der Waals surface area contributed by atoms with Crippen LogP contribution in [0.5, 0.6) is 11.5 Å². The zero-order chi connectivity index (χ0) is 18.4. The van der Waals surface area contributed by atoms with Gasteiger partial charge in [0.25, 0.3) is 0 Å². The number of hydrogen-bond acceptors (Lipinski definition) is 3. The number of hydrogen-bond donors (Lipinski definition) is 0. The number of para-hydroxylation sites is 1. The maximum atomic E-state index is 12.7. The van der Waals surface area contributed by atoms with Crippen LogP contribution in [0.4, 0.5) is 0 Å². The molecule has 1 heterocycles. The Kier molecular flexibility index (Phi) is 5.95. The fraction of sp³-hybridized carbons (Fsp3) is 0.318. The summed E-state index contributed by atoms with van der Waals surface area (Å²) in [6.07, 6.45) is 5.48. The molecule has 1 fully saturated rings. The molecule has 0 spiro atoms. The maximum Gasteiger partial charge on any atom is 0.247 e. The highest BCUT2D eigenvalue weighted by atomic mass is 16.5. The van der Waals surface area contributed by atoms with Crippen molar-refractivity contribution >= 4 is 12.0 Å². The van der Waals surface area contributed by atoms with Gasteiger partial charge in [0.1, 0.15) is 11.5 Å². The summed E-state index contributed by atoms with van der Waals surface area (Å²) in [5, 5.41) is 0. The molecule has 0 N–H and O–H groups in total. The summed E-state index contributed by atoms with van der Waals surface area (Å²) in [7, 11) is 1.64. The van der Waals surface area contributed by atoms with E-state index in [0.29, 0.717) is 6.61 Å². The fourth-order valence-corrected chi connectivity index (χ4v) is 3.39. The second-order valence-electron chi connectivity index (χ2n) is 6.27. The molecule has 4 nitrogen and oxygen atoms in total. The molecule has 0 radical (unpaired) electrons. The van der Waals surface area contributed by atoms with E-state index in [9.17, 15) is 4.79 Å². The molecule has 2 aromatic carbocycles. The maximum absolute atomic E-state index is 12.7. The van der Waals surface area contributed by atoms with E-state index in [4.69, 9.17) is 9.47 Å². The molecule has 0 saturated carbocycles. The normalized spacial score (nSPS) is 16.8. The predicted octanol–water partition coefficient (Wildman–Crippen LogP) is 4.47. The summed E-state index contributed by atoms with van der Waals surface area (Å²) < 4.78 is 10.8. The first-order valence-corrected chi connectivity index (χ1v) is 9.07. The number of amides is 1. The molecule has 0 aliphatic carbocycles. The Morgan fingerprint density at radius 3 is 2.69 bits per heavy atom. The molecule has 1 amide bonds. The third kappa shape index (κ3) is 4.07. The molecule has 1 aliphatic rings. The lowest BCUT2D eigenvalue weighted by molar-refractivity contribution is -0.126. The van der Waals surface area contributed by atoms with Gasteiger partial charge in [0, 0.05) is 18.2 Å². The largest absolute Gasteiger partial charge is 0.496 e. The van der Waals surface area contributed by atoms with Crippen molar-refractivity contribution in [2.75, 3.05) is 20.3 Å². The Balaban J connectivity index is 1.73. The van der Waals surface area contributed by atoms with Crippen molar-refractivity contribution in [1.29, 1.82) is 0 Å². The molecular weight excluding hydrogens is 326 g/mol. The minimum atomic E-state index is 0.0345. The molecule has 2 aromatic rings. The van der Waals surface area contributed by atoms with E-state index < -0.39 is 0 Å². The van der Waals surface area contributed by atoms with E-state index >= 15 is 0 Å². The van der Waals surface area contributed by atoms with Gasteiger partial charge in [0.15, 0.2) is 0 Å². The zero-order valence-electron chi connectivity index (χ0n) is 15.4. The molecule has 3 rings (SSSR count). The minimum Gasteiger partial charge on any atom is -0.496 e. The van der Waals surface area contributed by atoms with E-state index in [0.717, 1.165) is 42.0 Å². The highest BCUT2D eigenvalue weighted by molar-refractivity contribution is 5.92. The van der Waals surface area contributed by atoms with Crippen molar-refractivity contribution in [3.05, 3.63) is 65.7 Å². The number of carbonyl (C=O) groups is 1. The SMILES string of the molecule is CCOc1ccc(C2CCCN2C(=O)/C=C/c2ccccc2OC)cc1. The summed E-state index contributed by atoms with van der Waals surface area (Å²) in [4.78, 5) is 14.7. The van der Waals surface area contributed by atoms with Crippen molar-refractivity contribution in [3.8, 4) is 11.5 Å². The Labute approximate surface area is 155 Å². The van der Waals surface area contributed by atoms with Crippen LogP contribution in [0.15, 0.2) is 54.6 Å². The van der Waals surface area contributed by atoms with Crippen LogP contribution in [0.25, 0.3) is 6.08 Å². The molecule has 0 bridgehead atoms. The van der Waals surface area contributed by atoms with Crippen molar-refractivity contribution in [1.82, 2.24) is 4.90 Å². The van der Waals surface area contributed by atoms with Gasteiger partial charge < -0.3 is 14.4 Å². The number of benzene rings is 2. The Bertz CT molecular complexity index is 767. The average molecular weight is 351 g/mol. The number of methoxy groups -OCH3 is 1. The first kappa shape index (κ1) is 18.1. The van der Waals surface area contributed by atoms with Crippen molar-refractivity contribution < 1.29 is 14.3 Å². The second kappa shape index (κ2) is 8.56. The molecule has 0 aromatic heterocycles. The number of nitrogens with zero attached hydrogens (tertiary/aromatic N) is 1. The lowest BCUT2D eigenvalue weighted by Gasteiger charge is -2.24. The summed E-state index contributed by atoms with van der Waals surface area (Å²) in [5.74, 6) is 1.66. The first-order chi connectivity index (χ1) is 12.7. The van der Waals surface area contributed by atoms with Gasteiger partial charge in [0.2, 0.25) is 5.91 Å². The van der Waals surface area contributed by atoms with Crippen molar-refractivity contribution in [3.63, 3.8) is 0 Å². The lowest BCUT2D eigenvalue weighted by Crippen LogP contribution is -2.28. The minimum absolute atomic E-state index is 0.0345. The Morgan fingerprint density at radius 2 is 1.96 bits per heavy atom. The van der Waals surface area contributed by atoms with Crippen LogP contribution in [0.3, 0.4) is 0 Å². The van der Waals surface area contributed by atoms with Gasteiger partial charge in [-0.3, -0.25) is 4.79 Å². The molecule has 136 valence electrons. The molecule has 1 aliphatic heterocycles. The van der Waals surface area contributed by atoms with Gasteiger partial charge in [0.05, 0.1) is 19.8 Å². The van der Waals surface area contributed by atoms with E-state index in [1.54, 1.807) is 13.2 Å². The number of rotatable bonds is 6. The van der Waals surface area contributed by atoms with Crippen LogP contribution in [0, 0.1) is 0 Å². The molecule has 1 saturated heterocycles. The Morgan fingerprint density at radius 1 is 1.19 bits per heavy atom. The summed E-state index contributed by atoms with van der Waals surface area (Å²) in [6, 6.07) is 15.9. The first-order valence-electron chi connectivity index (χ1n) is 9.07. The van der Waals surface area contributed by atoms with Crippen LogP contribution in [-0.4, -0.2) is 31.1 Å². The van der Waals surface area contributed by atoms with Crippen LogP contribution in [0.2, 0.25) is 0 Å². The standard InChI is InChI=1S/C22H25NO3/c1-3-26-19-13-10-17(11-14-19)20-8-6-16-23(20)22(24)15-12-18-7-4-5-9-21(18)25-2/h4-5,7,9-15,20H,3,6,8,16H2,1-2H3/b15-12+. The van der Waals surface area contributed by atoms with Gasteiger partial charge in [-0.25, -0.2) is 0 Å². The third-order valence-electron chi connectivity index (χ3n) is 4.66. The van der Waals surface area contributed by atoms with E-state index in [-0.39, 0.29) is 11.9 Å². The second-order valence-corrected chi connectivity index (χ2v) is 6.27. The number of carbonyl (C=O) groups excluding carboxylic acids is 1. The van der Waals surface area contributed by atoms with Gasteiger partial charge in [-0.05, 0) is 49.6 Å². The quantitative estimate of drug-likeness (QED) is 0.721. The van der Waals surface area contributed by atoms with Gasteiger partial charge in [-0.15, -0.1) is 0 Å². The van der Waals surface area contributed by atoms with E-state index in [2.05, 4.69) is 12.1 Å². The zero-order valence-corrected chi connectivity index (χ0v) is 15.4. The molecule has 1 atom stereocenters. The van der Waals surface area contributed by atoms with Gasteiger partial charge >= 0.3 is 0 Å². The average Bonchev–Trinajstić information content (AvgIpc) is 3.17. The summed E-state index contributed by atoms with van der Waals surface area (Å²) >= 11 is 0. The summed E-state index contributed by atoms with van der Waals surface area (Å²) in [6.45, 7) is 3.41.